The Morgan fingerprint density at radius 1 is 1.24 bits per heavy atom. The van der Waals surface area contributed by atoms with Gasteiger partial charge in [-0.25, -0.2) is 13.2 Å². The van der Waals surface area contributed by atoms with Gasteiger partial charge in [-0.2, -0.15) is 0 Å². The Labute approximate surface area is 151 Å². The lowest BCUT2D eigenvalue weighted by atomic mass is 10.1. The van der Waals surface area contributed by atoms with Gasteiger partial charge in [0.25, 0.3) is 0 Å². The van der Waals surface area contributed by atoms with E-state index in [1.165, 1.54) is 11.3 Å². The Morgan fingerprint density at radius 3 is 2.68 bits per heavy atom. The van der Waals surface area contributed by atoms with E-state index in [-0.39, 0.29) is 12.6 Å². The van der Waals surface area contributed by atoms with Gasteiger partial charge in [0.1, 0.15) is 9.46 Å². The topological polar surface area (TPSA) is 79.4 Å². The van der Waals surface area contributed by atoms with Crippen LogP contribution >= 0.6 is 11.3 Å². The molecule has 0 aromatic carbocycles. The molecule has 2 aromatic rings. The molecule has 1 aliphatic rings. The number of aromatic nitrogens is 1. The van der Waals surface area contributed by atoms with E-state index < -0.39 is 15.1 Å². The molecule has 0 spiro atoms. The summed E-state index contributed by atoms with van der Waals surface area (Å²) in [6.45, 7) is 1.48. The minimum Gasteiger partial charge on any atom is -0.336 e. The molecule has 2 amide bonds. The minimum atomic E-state index is -3.59. The highest BCUT2D eigenvalue weighted by molar-refractivity contribution is 7.93. The van der Waals surface area contributed by atoms with E-state index in [9.17, 15) is 13.2 Å². The Kier molecular flexibility index (Phi) is 5.70. The van der Waals surface area contributed by atoms with Crippen LogP contribution in [-0.2, 0) is 9.84 Å². The number of carbonyl (C=O) groups is 1. The maximum absolute atomic E-state index is 13.0. The summed E-state index contributed by atoms with van der Waals surface area (Å²) in [7, 11) is -3.59. The molecule has 0 aliphatic carbocycles. The van der Waals surface area contributed by atoms with E-state index in [4.69, 9.17) is 0 Å². The molecule has 3 rings (SSSR count). The summed E-state index contributed by atoms with van der Waals surface area (Å²) in [5.74, 6) is 0. The first kappa shape index (κ1) is 17.9. The number of nitrogens with zero attached hydrogens (tertiary/aromatic N) is 2. The van der Waals surface area contributed by atoms with Crippen molar-refractivity contribution in [3.63, 3.8) is 0 Å². The lowest BCUT2D eigenvalue weighted by Crippen LogP contribution is -2.44. The van der Waals surface area contributed by atoms with Crippen LogP contribution in [0.25, 0.3) is 0 Å². The van der Waals surface area contributed by atoms with Crippen molar-refractivity contribution < 1.29 is 13.2 Å². The van der Waals surface area contributed by atoms with Gasteiger partial charge in [0.05, 0.1) is 0 Å². The van der Waals surface area contributed by atoms with E-state index in [1.54, 1.807) is 46.9 Å². The molecule has 1 N–H and O–H groups in total. The van der Waals surface area contributed by atoms with Crippen LogP contribution in [0.1, 0.15) is 30.1 Å². The summed E-state index contributed by atoms with van der Waals surface area (Å²) in [6.07, 6.45) is 6.27. The summed E-state index contributed by atoms with van der Waals surface area (Å²) in [6, 6.07) is 6.55. The molecule has 0 radical (unpaired) electrons. The molecule has 1 unspecified atom stereocenters. The van der Waals surface area contributed by atoms with E-state index in [2.05, 4.69) is 10.3 Å². The first-order valence-electron chi connectivity index (χ1n) is 8.29. The van der Waals surface area contributed by atoms with Crippen LogP contribution in [0, 0.1) is 0 Å². The van der Waals surface area contributed by atoms with Gasteiger partial charge in [0.15, 0.2) is 9.84 Å². The van der Waals surface area contributed by atoms with Gasteiger partial charge in [0.2, 0.25) is 0 Å². The number of hydrogen-bond donors (Lipinski definition) is 1. The minimum absolute atomic E-state index is 0.0290. The summed E-state index contributed by atoms with van der Waals surface area (Å²) in [5, 5.41) is 3.69. The molecular formula is C17H21N3O3S2. The number of urea groups is 1. The third kappa shape index (κ3) is 4.19. The van der Waals surface area contributed by atoms with Crippen molar-refractivity contribution in [1.29, 1.82) is 0 Å². The van der Waals surface area contributed by atoms with Gasteiger partial charge in [-0.3, -0.25) is 4.98 Å². The number of amides is 2. The molecule has 2 aromatic heterocycles. The molecular weight excluding hydrogens is 358 g/mol. The van der Waals surface area contributed by atoms with Crippen molar-refractivity contribution >= 4 is 27.2 Å². The van der Waals surface area contributed by atoms with Crippen molar-refractivity contribution in [3.8, 4) is 0 Å². The zero-order valence-electron chi connectivity index (χ0n) is 13.8. The molecule has 0 saturated carbocycles. The average molecular weight is 380 g/mol. The molecule has 6 nitrogen and oxygen atoms in total. The lowest BCUT2D eigenvalue weighted by Gasteiger charge is -2.27. The van der Waals surface area contributed by atoms with Crippen molar-refractivity contribution in [2.45, 2.75) is 28.7 Å². The van der Waals surface area contributed by atoms with E-state index >= 15 is 0 Å². The summed E-state index contributed by atoms with van der Waals surface area (Å²) < 4.78 is 26.3. The molecule has 0 bridgehead atoms. The van der Waals surface area contributed by atoms with Crippen LogP contribution in [0.2, 0.25) is 0 Å². The molecule has 1 fully saturated rings. The van der Waals surface area contributed by atoms with Crippen LogP contribution in [-0.4, -0.2) is 44.0 Å². The summed E-state index contributed by atoms with van der Waals surface area (Å²) in [4.78, 5) is 18.1. The zero-order chi connectivity index (χ0) is 17.7. The predicted molar refractivity (Wildman–Crippen MR) is 97.3 cm³/mol. The molecule has 1 atom stereocenters. The largest absolute Gasteiger partial charge is 0.336 e. The smallest absolute Gasteiger partial charge is 0.317 e. The highest BCUT2D eigenvalue weighted by atomic mass is 32.2. The monoisotopic (exact) mass is 379 g/mol. The Balaban J connectivity index is 1.79. The number of sulfone groups is 1. The second-order valence-corrected chi connectivity index (χ2v) is 9.29. The van der Waals surface area contributed by atoms with E-state index in [1.807, 2.05) is 0 Å². The highest BCUT2D eigenvalue weighted by Gasteiger charge is 2.31. The average Bonchev–Trinajstić information content (AvgIpc) is 3.19. The quantitative estimate of drug-likeness (QED) is 0.866. The molecule has 3 heterocycles. The van der Waals surface area contributed by atoms with Crippen LogP contribution in [0.5, 0.6) is 0 Å². The predicted octanol–water partition coefficient (Wildman–Crippen LogP) is 2.85. The fraction of sp³-hybridized carbons (Fsp3) is 0.412. The van der Waals surface area contributed by atoms with Crippen LogP contribution in [0.4, 0.5) is 4.79 Å². The number of hydrogen-bond acceptors (Lipinski definition) is 5. The SMILES string of the molecule is O=C(NCC(c1cccnc1)S(=O)(=O)c1cccs1)N1CCCCC1. The summed E-state index contributed by atoms with van der Waals surface area (Å²) >= 11 is 1.18. The van der Waals surface area contributed by atoms with Gasteiger partial charge in [-0.1, -0.05) is 12.1 Å². The number of likely N-dealkylation sites (tertiary alicyclic amines) is 1. The highest BCUT2D eigenvalue weighted by Crippen LogP contribution is 2.30. The fourth-order valence-electron chi connectivity index (χ4n) is 2.93. The number of rotatable bonds is 5. The van der Waals surface area contributed by atoms with Gasteiger partial charge < -0.3 is 10.2 Å². The molecule has 8 heteroatoms. The zero-order valence-corrected chi connectivity index (χ0v) is 15.4. The lowest BCUT2D eigenvalue weighted by molar-refractivity contribution is 0.186. The third-order valence-corrected chi connectivity index (χ3v) is 7.82. The molecule has 1 aliphatic heterocycles. The third-order valence-electron chi connectivity index (χ3n) is 4.29. The van der Waals surface area contributed by atoms with Gasteiger partial charge in [-0.05, 0) is 42.3 Å². The first-order chi connectivity index (χ1) is 12.1. The van der Waals surface area contributed by atoms with Gasteiger partial charge in [-0.15, -0.1) is 11.3 Å². The van der Waals surface area contributed by atoms with Crippen LogP contribution in [0.15, 0.2) is 46.2 Å². The Hall–Kier alpha value is -1.93. The van der Waals surface area contributed by atoms with Crippen molar-refractivity contribution in [2.24, 2.45) is 0 Å². The van der Waals surface area contributed by atoms with Gasteiger partial charge in [0, 0.05) is 32.0 Å². The molecule has 25 heavy (non-hydrogen) atoms. The van der Waals surface area contributed by atoms with Crippen LogP contribution < -0.4 is 5.32 Å². The number of carbonyl (C=O) groups excluding carboxylic acids is 1. The first-order valence-corrected chi connectivity index (χ1v) is 10.7. The number of nitrogens with one attached hydrogen (secondary N) is 1. The Bertz CT molecular complexity index is 786. The molecule has 134 valence electrons. The normalized spacial score (nSPS) is 16.4. The standard InChI is InChI=1S/C17H21N3O3S2/c21-17(20-9-2-1-3-10-20)19-13-15(14-6-4-8-18-12-14)25(22,23)16-7-5-11-24-16/h4-8,11-12,15H,1-3,9-10,13H2,(H,19,21). The second kappa shape index (κ2) is 7.97. The second-order valence-electron chi connectivity index (χ2n) is 5.99. The van der Waals surface area contributed by atoms with Crippen molar-refractivity contribution in [3.05, 3.63) is 47.6 Å². The maximum Gasteiger partial charge on any atom is 0.317 e. The number of piperidine rings is 1. The molecule has 1 saturated heterocycles. The van der Waals surface area contributed by atoms with Crippen LogP contribution in [0.3, 0.4) is 0 Å². The van der Waals surface area contributed by atoms with Crippen molar-refractivity contribution in [1.82, 2.24) is 15.2 Å². The van der Waals surface area contributed by atoms with Gasteiger partial charge >= 0.3 is 6.03 Å². The number of thiophene rings is 1. The maximum atomic E-state index is 13.0. The summed E-state index contributed by atoms with van der Waals surface area (Å²) in [5.41, 5.74) is 0.579. The van der Waals surface area contributed by atoms with E-state index in [0.717, 1.165) is 32.4 Å². The van der Waals surface area contributed by atoms with E-state index in [0.29, 0.717) is 9.77 Å². The van der Waals surface area contributed by atoms with Crippen molar-refractivity contribution in [2.75, 3.05) is 19.6 Å². The fourth-order valence-corrected chi connectivity index (χ4v) is 5.78. The number of pyridine rings is 1. The Morgan fingerprint density at radius 2 is 2.04 bits per heavy atom.